The minimum absolute atomic E-state index is 0.0146. The van der Waals surface area contributed by atoms with E-state index >= 15 is 0 Å². The fourth-order valence-corrected chi connectivity index (χ4v) is 6.87. The SMILES string of the molecule is [2H]c1c([2H])c([2H])c(-c2ccc3c4c(cccc24)-c2cc(-c4c([2H])c([2H])c([2H])c5c4c4c([2H])c([2H])c([2H])c([2H])c4n5-c4c([2H])c([2H])c([2H])c([2H])c4[2H])ccc2S3)c([2H])c1[2H]. The smallest absolute Gasteiger partial charge is 0.0645 e. The zero-order valence-corrected chi connectivity index (χ0v) is 22.3. The summed E-state index contributed by atoms with van der Waals surface area (Å²) in [5.41, 5.74) is 1.15. The molecule has 8 aromatic rings. The Morgan fingerprint density at radius 3 is 2.12 bits per heavy atom. The first-order valence-electron chi connectivity index (χ1n) is 21.5. The summed E-state index contributed by atoms with van der Waals surface area (Å²) in [5.74, 6) is 0. The molecule has 2 heteroatoms. The zero-order chi connectivity index (χ0) is 42.4. The van der Waals surface area contributed by atoms with Crippen LogP contribution >= 0.6 is 11.8 Å². The van der Waals surface area contributed by atoms with Crippen molar-refractivity contribution in [2.45, 2.75) is 9.79 Å². The van der Waals surface area contributed by atoms with Crippen molar-refractivity contribution in [1.82, 2.24) is 4.57 Å². The molecule has 0 amide bonds. The van der Waals surface area contributed by atoms with Crippen molar-refractivity contribution in [2.24, 2.45) is 0 Å². The molecule has 0 atom stereocenters. The van der Waals surface area contributed by atoms with Gasteiger partial charge in [-0.2, -0.15) is 0 Å². The maximum Gasteiger partial charge on any atom is 0.0645 e. The lowest BCUT2D eigenvalue weighted by molar-refractivity contribution is 1.18. The van der Waals surface area contributed by atoms with Crippen LogP contribution in [-0.2, 0) is 0 Å². The average molecular weight is 569 g/mol. The van der Waals surface area contributed by atoms with E-state index in [1.54, 1.807) is 36.4 Å². The van der Waals surface area contributed by atoms with Gasteiger partial charge < -0.3 is 4.57 Å². The molecule has 2 heterocycles. The minimum atomic E-state index is -0.719. The summed E-state index contributed by atoms with van der Waals surface area (Å²) < 4.78 is 148. The molecular formula is C40H25NS. The van der Waals surface area contributed by atoms with Crippen molar-refractivity contribution in [2.75, 3.05) is 0 Å². The lowest BCUT2D eigenvalue weighted by atomic mass is 9.90. The Bertz CT molecular complexity index is 3220. The summed E-state index contributed by atoms with van der Waals surface area (Å²) in [4.78, 5) is 1.62. The van der Waals surface area contributed by atoms with Crippen LogP contribution in [0.15, 0.2) is 161 Å². The lowest BCUT2D eigenvalue weighted by Gasteiger charge is -2.22. The van der Waals surface area contributed by atoms with Crippen LogP contribution in [0.2, 0.25) is 0 Å². The Kier molecular flexibility index (Phi) is 2.74. The summed E-state index contributed by atoms with van der Waals surface area (Å²) in [6.45, 7) is 0. The third-order valence-corrected chi connectivity index (χ3v) is 8.62. The van der Waals surface area contributed by atoms with Crippen molar-refractivity contribution in [1.29, 1.82) is 0 Å². The van der Waals surface area contributed by atoms with Gasteiger partial charge in [-0.3, -0.25) is 0 Å². The van der Waals surface area contributed by atoms with Gasteiger partial charge in [0, 0.05) is 31.6 Å². The van der Waals surface area contributed by atoms with E-state index < -0.39 is 96.3 Å². The molecule has 1 aliphatic rings. The predicted octanol–water partition coefficient (Wildman–Crippen LogP) is 11.4. The molecule has 42 heavy (non-hydrogen) atoms. The summed E-state index contributed by atoms with van der Waals surface area (Å²) in [6, 6.07) is 4.46. The van der Waals surface area contributed by atoms with Gasteiger partial charge in [-0.15, -0.1) is 0 Å². The van der Waals surface area contributed by atoms with Crippen LogP contribution in [0.3, 0.4) is 0 Å². The Morgan fingerprint density at radius 2 is 1.24 bits per heavy atom. The number of para-hydroxylation sites is 2. The van der Waals surface area contributed by atoms with E-state index in [1.807, 2.05) is 12.1 Å². The minimum Gasteiger partial charge on any atom is -0.309 e. The maximum absolute atomic E-state index is 9.28. The van der Waals surface area contributed by atoms with Crippen LogP contribution < -0.4 is 0 Å². The highest BCUT2D eigenvalue weighted by molar-refractivity contribution is 7.99. The third kappa shape index (κ3) is 3.46. The molecule has 0 bridgehead atoms. The molecule has 1 nitrogen and oxygen atoms in total. The van der Waals surface area contributed by atoms with E-state index in [9.17, 15) is 1.37 Å². The second-order valence-corrected chi connectivity index (χ2v) is 10.7. The first kappa shape index (κ1) is 12.4. The second-order valence-electron chi connectivity index (χ2n) is 9.66. The molecule has 0 spiro atoms. The normalized spacial score (nSPS) is 17.9. The van der Waals surface area contributed by atoms with Gasteiger partial charge in [0.15, 0.2) is 0 Å². The molecule has 0 unspecified atom stereocenters. The lowest BCUT2D eigenvalue weighted by Crippen LogP contribution is -1.95. The second kappa shape index (κ2) is 9.24. The predicted molar refractivity (Wildman–Crippen MR) is 179 cm³/mol. The number of aromatic nitrogens is 1. The molecular weight excluding hydrogens is 527 g/mol. The summed E-state index contributed by atoms with van der Waals surface area (Å²) in [6.07, 6.45) is 0. The number of hydrogen-bond donors (Lipinski definition) is 0. The highest BCUT2D eigenvalue weighted by Gasteiger charge is 2.22. The molecule has 0 saturated heterocycles. The molecule has 0 fully saturated rings. The molecule has 0 aliphatic carbocycles. The highest BCUT2D eigenvalue weighted by Crippen LogP contribution is 2.51. The molecule has 0 saturated carbocycles. The average Bonchev–Trinajstić information content (AvgIpc) is 3.57. The Labute approximate surface area is 272 Å². The molecule has 196 valence electrons. The number of hydrogen-bond acceptors (Lipinski definition) is 1. The van der Waals surface area contributed by atoms with Crippen molar-refractivity contribution >= 4 is 44.3 Å². The Hall–Kier alpha value is -5.05. The topological polar surface area (TPSA) is 4.93 Å². The van der Waals surface area contributed by atoms with Crippen LogP contribution in [0.4, 0.5) is 0 Å². The van der Waals surface area contributed by atoms with Gasteiger partial charge in [0.1, 0.15) is 0 Å². The molecule has 9 rings (SSSR count). The van der Waals surface area contributed by atoms with Crippen molar-refractivity contribution in [3.05, 3.63) is 151 Å². The van der Waals surface area contributed by atoms with E-state index in [0.717, 1.165) is 19.7 Å². The van der Waals surface area contributed by atoms with E-state index in [1.165, 1.54) is 11.8 Å². The van der Waals surface area contributed by atoms with Gasteiger partial charge in [-0.25, -0.2) is 0 Å². The van der Waals surface area contributed by atoms with Crippen LogP contribution in [0.25, 0.3) is 71.6 Å². The van der Waals surface area contributed by atoms with Crippen LogP contribution in [0, 0.1) is 0 Å². The molecule has 1 aliphatic heterocycles. The van der Waals surface area contributed by atoms with E-state index in [2.05, 4.69) is 0 Å². The van der Waals surface area contributed by atoms with Gasteiger partial charge in [-0.05, 0) is 81.1 Å². The van der Waals surface area contributed by atoms with Crippen LogP contribution in [0.5, 0.6) is 0 Å². The maximum atomic E-state index is 9.28. The number of benzene rings is 7. The van der Waals surface area contributed by atoms with Crippen molar-refractivity contribution in [3.63, 3.8) is 0 Å². The van der Waals surface area contributed by atoms with Crippen molar-refractivity contribution < 1.29 is 23.3 Å². The Morgan fingerprint density at radius 1 is 0.476 bits per heavy atom. The van der Waals surface area contributed by atoms with Gasteiger partial charge >= 0.3 is 0 Å². The van der Waals surface area contributed by atoms with Crippen molar-refractivity contribution in [3.8, 4) is 39.1 Å². The van der Waals surface area contributed by atoms with E-state index in [4.69, 9.17) is 21.9 Å². The monoisotopic (exact) mass is 568 g/mol. The van der Waals surface area contributed by atoms with Gasteiger partial charge in [0.2, 0.25) is 0 Å². The zero-order valence-electron chi connectivity index (χ0n) is 38.5. The molecule has 0 radical (unpaired) electrons. The molecule has 1 aromatic heterocycles. The summed E-state index contributed by atoms with van der Waals surface area (Å²) in [7, 11) is 0. The number of fused-ring (bicyclic) bond motifs is 5. The standard InChI is InChI=1S/C40H25NS/c1-3-11-26(12-4-1)29-22-24-38-40-31(29)17-9-18-32(40)34-25-27(21-23-37(34)42-38)30-16-10-20-36-39(30)33-15-7-8-19-35(33)41(36)28-13-5-2-6-14-28/h1-25H/i1D,2D,3D,4D,5D,6D,7D,8D,10D,11D,12D,13D,14D,15D,16D,19D,20D. The third-order valence-electron chi connectivity index (χ3n) is 7.48. The van der Waals surface area contributed by atoms with E-state index in [0.29, 0.717) is 27.6 Å². The molecule has 7 aromatic carbocycles. The van der Waals surface area contributed by atoms with Gasteiger partial charge in [0.25, 0.3) is 0 Å². The fraction of sp³-hybridized carbons (Fsp3) is 0. The highest BCUT2D eigenvalue weighted by atomic mass is 32.2. The number of rotatable bonds is 3. The first-order chi connectivity index (χ1) is 27.9. The fourth-order valence-electron chi connectivity index (χ4n) is 5.76. The Balaban J connectivity index is 1.39. The number of nitrogens with zero attached hydrogens (tertiary/aromatic N) is 1. The van der Waals surface area contributed by atoms with E-state index in [-0.39, 0.29) is 45.0 Å². The van der Waals surface area contributed by atoms with Crippen LogP contribution in [0.1, 0.15) is 23.3 Å². The molecule has 0 N–H and O–H groups in total. The first-order valence-corrected chi connectivity index (χ1v) is 13.8. The quantitative estimate of drug-likeness (QED) is 0.205. The summed E-state index contributed by atoms with van der Waals surface area (Å²) in [5, 5.41) is 1.14. The van der Waals surface area contributed by atoms with Gasteiger partial charge in [0.05, 0.1) is 34.3 Å². The van der Waals surface area contributed by atoms with Gasteiger partial charge in [-0.1, -0.05) is 121 Å². The largest absolute Gasteiger partial charge is 0.309 e. The van der Waals surface area contributed by atoms with Crippen LogP contribution in [-0.4, -0.2) is 4.57 Å². The summed E-state index contributed by atoms with van der Waals surface area (Å²) >= 11 is 1.42.